The third kappa shape index (κ3) is 2.58. The number of carboxylic acids is 1. The predicted molar refractivity (Wildman–Crippen MR) is 59.6 cm³/mol. The Labute approximate surface area is 96.4 Å². The van der Waals surface area contributed by atoms with Crippen molar-refractivity contribution in [1.29, 1.82) is 0 Å². The molecule has 16 heavy (non-hydrogen) atoms. The van der Waals surface area contributed by atoms with Crippen LogP contribution in [0.5, 0.6) is 0 Å². The minimum Gasteiger partial charge on any atom is -0.478 e. The zero-order chi connectivity index (χ0) is 11.4. The largest absolute Gasteiger partial charge is 0.478 e. The number of hydrogen-bond acceptors (Lipinski definition) is 4. The van der Waals surface area contributed by atoms with Crippen LogP contribution in [0, 0.1) is 0 Å². The highest BCUT2D eigenvalue weighted by molar-refractivity contribution is 7.99. The first-order chi connectivity index (χ1) is 7.75. The quantitative estimate of drug-likeness (QED) is 0.879. The number of pyridine rings is 2. The Balaban J connectivity index is 2.14. The van der Waals surface area contributed by atoms with Crippen LogP contribution in [0.15, 0.2) is 52.8 Å². The summed E-state index contributed by atoms with van der Waals surface area (Å²) in [6.07, 6.45) is 3.04. The third-order valence-electron chi connectivity index (χ3n) is 1.83. The smallest absolute Gasteiger partial charge is 0.337 e. The van der Waals surface area contributed by atoms with Gasteiger partial charge in [-0.2, -0.15) is 0 Å². The molecule has 0 aliphatic rings. The Morgan fingerprint density at radius 3 is 2.50 bits per heavy atom. The second kappa shape index (κ2) is 4.76. The van der Waals surface area contributed by atoms with Gasteiger partial charge in [-0.3, -0.25) is 0 Å². The fourth-order valence-corrected chi connectivity index (χ4v) is 1.80. The lowest BCUT2D eigenvalue weighted by molar-refractivity contribution is 0.0696. The van der Waals surface area contributed by atoms with E-state index in [9.17, 15) is 4.79 Å². The van der Waals surface area contributed by atoms with Crippen molar-refractivity contribution >= 4 is 17.7 Å². The van der Waals surface area contributed by atoms with Gasteiger partial charge in [0.2, 0.25) is 0 Å². The van der Waals surface area contributed by atoms with Crippen LogP contribution in [-0.4, -0.2) is 21.0 Å². The van der Waals surface area contributed by atoms with E-state index >= 15 is 0 Å². The minimum absolute atomic E-state index is 0.186. The highest BCUT2D eigenvalue weighted by atomic mass is 32.2. The van der Waals surface area contributed by atoms with E-state index < -0.39 is 5.97 Å². The molecule has 5 heteroatoms. The van der Waals surface area contributed by atoms with Crippen LogP contribution in [0.4, 0.5) is 0 Å². The SMILES string of the molecule is O=C(O)c1ccc(Sc2ccccn2)nc1. The molecule has 0 aliphatic heterocycles. The van der Waals surface area contributed by atoms with Gasteiger partial charge in [0.15, 0.2) is 0 Å². The van der Waals surface area contributed by atoms with Gasteiger partial charge >= 0.3 is 5.97 Å². The van der Waals surface area contributed by atoms with E-state index in [2.05, 4.69) is 9.97 Å². The highest BCUT2D eigenvalue weighted by Crippen LogP contribution is 2.23. The molecule has 0 spiro atoms. The normalized spacial score (nSPS) is 10.0. The maximum atomic E-state index is 10.6. The lowest BCUT2D eigenvalue weighted by atomic mass is 10.3. The standard InChI is InChI=1S/C11H8N2O2S/c14-11(15)8-4-5-10(13-7-8)16-9-3-1-2-6-12-9/h1-7H,(H,14,15). The molecule has 0 unspecified atom stereocenters. The van der Waals surface area contributed by atoms with Crippen molar-refractivity contribution in [2.75, 3.05) is 0 Å². The molecule has 4 nitrogen and oxygen atoms in total. The number of nitrogens with zero attached hydrogens (tertiary/aromatic N) is 2. The Kier molecular flexibility index (Phi) is 3.16. The summed E-state index contributed by atoms with van der Waals surface area (Å²) in [7, 11) is 0. The van der Waals surface area contributed by atoms with Crippen molar-refractivity contribution in [2.45, 2.75) is 10.1 Å². The van der Waals surface area contributed by atoms with Gasteiger partial charge in [-0.05, 0) is 24.3 Å². The lowest BCUT2D eigenvalue weighted by Gasteiger charge is -1.99. The fraction of sp³-hybridized carbons (Fsp3) is 0. The molecule has 2 aromatic rings. The van der Waals surface area contributed by atoms with Crippen LogP contribution >= 0.6 is 11.8 Å². The summed E-state index contributed by atoms with van der Waals surface area (Å²) in [6.45, 7) is 0. The van der Waals surface area contributed by atoms with Crippen molar-refractivity contribution in [3.05, 3.63) is 48.3 Å². The molecule has 0 fully saturated rings. The average Bonchev–Trinajstić information content (AvgIpc) is 2.31. The van der Waals surface area contributed by atoms with Crippen LogP contribution in [0.1, 0.15) is 10.4 Å². The van der Waals surface area contributed by atoms with Crippen molar-refractivity contribution in [3.8, 4) is 0 Å². The maximum absolute atomic E-state index is 10.6. The number of rotatable bonds is 3. The monoisotopic (exact) mass is 232 g/mol. The van der Waals surface area contributed by atoms with Crippen LogP contribution in [0.25, 0.3) is 0 Å². The summed E-state index contributed by atoms with van der Waals surface area (Å²) in [4.78, 5) is 18.8. The minimum atomic E-state index is -0.970. The maximum Gasteiger partial charge on any atom is 0.337 e. The summed E-state index contributed by atoms with van der Waals surface area (Å²) in [5, 5.41) is 10.3. The summed E-state index contributed by atoms with van der Waals surface area (Å²) < 4.78 is 0. The molecule has 1 N–H and O–H groups in total. The third-order valence-corrected chi connectivity index (χ3v) is 2.73. The number of aromatic carboxylic acids is 1. The number of carboxylic acid groups (broad SMARTS) is 1. The summed E-state index contributed by atoms with van der Waals surface area (Å²) >= 11 is 1.39. The molecule has 80 valence electrons. The van der Waals surface area contributed by atoms with Gasteiger partial charge in [0.05, 0.1) is 5.56 Å². The van der Waals surface area contributed by atoms with Gasteiger partial charge in [-0.1, -0.05) is 17.8 Å². The molecule has 2 aromatic heterocycles. The first-order valence-electron chi connectivity index (χ1n) is 4.54. The predicted octanol–water partition coefficient (Wildman–Crippen LogP) is 2.33. The zero-order valence-electron chi connectivity index (χ0n) is 8.20. The molecule has 2 rings (SSSR count). The van der Waals surface area contributed by atoms with E-state index in [4.69, 9.17) is 5.11 Å². The molecule has 0 bridgehead atoms. The lowest BCUT2D eigenvalue weighted by Crippen LogP contribution is -1.96. The van der Waals surface area contributed by atoms with Gasteiger partial charge in [-0.25, -0.2) is 14.8 Å². The van der Waals surface area contributed by atoms with Crippen LogP contribution in [0.3, 0.4) is 0 Å². The Morgan fingerprint density at radius 2 is 1.94 bits per heavy atom. The van der Waals surface area contributed by atoms with E-state index in [1.165, 1.54) is 24.0 Å². The fourth-order valence-electron chi connectivity index (χ4n) is 1.08. The molecule has 2 heterocycles. The van der Waals surface area contributed by atoms with Crippen molar-refractivity contribution in [1.82, 2.24) is 9.97 Å². The summed E-state index contributed by atoms with van der Waals surface area (Å²) in [6, 6.07) is 8.80. The van der Waals surface area contributed by atoms with E-state index in [1.807, 2.05) is 18.2 Å². The summed E-state index contributed by atoms with van der Waals surface area (Å²) in [5.74, 6) is -0.970. The molecular weight excluding hydrogens is 224 g/mol. The molecule has 0 radical (unpaired) electrons. The van der Waals surface area contributed by atoms with Gasteiger partial charge in [-0.15, -0.1) is 0 Å². The Morgan fingerprint density at radius 1 is 1.12 bits per heavy atom. The Bertz CT molecular complexity index is 485. The topological polar surface area (TPSA) is 63.1 Å². The van der Waals surface area contributed by atoms with Crippen LogP contribution in [0.2, 0.25) is 0 Å². The van der Waals surface area contributed by atoms with E-state index in [-0.39, 0.29) is 5.56 Å². The average molecular weight is 232 g/mol. The molecule has 0 amide bonds. The Hall–Kier alpha value is -1.88. The molecule has 0 saturated carbocycles. The zero-order valence-corrected chi connectivity index (χ0v) is 9.02. The first kappa shape index (κ1) is 10.6. The van der Waals surface area contributed by atoms with Gasteiger partial charge in [0.25, 0.3) is 0 Å². The molecule has 0 saturated heterocycles. The van der Waals surface area contributed by atoms with Crippen molar-refractivity contribution in [3.63, 3.8) is 0 Å². The van der Waals surface area contributed by atoms with Gasteiger partial charge < -0.3 is 5.11 Å². The van der Waals surface area contributed by atoms with Crippen LogP contribution in [-0.2, 0) is 0 Å². The second-order valence-electron chi connectivity index (χ2n) is 2.96. The van der Waals surface area contributed by atoms with Gasteiger partial charge in [0, 0.05) is 12.4 Å². The van der Waals surface area contributed by atoms with Crippen molar-refractivity contribution < 1.29 is 9.90 Å². The second-order valence-corrected chi connectivity index (χ2v) is 4.00. The first-order valence-corrected chi connectivity index (χ1v) is 5.35. The number of carbonyl (C=O) groups is 1. The number of aromatic nitrogens is 2. The molecule has 0 atom stereocenters. The molecule has 0 aromatic carbocycles. The molecule has 0 aliphatic carbocycles. The number of hydrogen-bond donors (Lipinski definition) is 1. The highest BCUT2D eigenvalue weighted by Gasteiger charge is 2.04. The van der Waals surface area contributed by atoms with E-state index in [0.717, 1.165) is 10.1 Å². The van der Waals surface area contributed by atoms with E-state index in [1.54, 1.807) is 12.3 Å². The van der Waals surface area contributed by atoms with Crippen LogP contribution < -0.4 is 0 Å². The summed E-state index contributed by atoms with van der Waals surface area (Å²) in [5.41, 5.74) is 0.186. The molecular formula is C11H8N2O2S. The van der Waals surface area contributed by atoms with Crippen molar-refractivity contribution in [2.24, 2.45) is 0 Å². The van der Waals surface area contributed by atoms with E-state index in [0.29, 0.717) is 0 Å². The van der Waals surface area contributed by atoms with Gasteiger partial charge in [0.1, 0.15) is 10.1 Å².